The molecule has 28 heavy (non-hydrogen) atoms. The van der Waals surface area contributed by atoms with E-state index in [1.807, 2.05) is 68.6 Å². The fourth-order valence-electron chi connectivity index (χ4n) is 3.29. The maximum absolute atomic E-state index is 13.0. The normalized spacial score (nSPS) is 13.5. The smallest absolute Gasteiger partial charge is 0.264 e. The van der Waals surface area contributed by atoms with Gasteiger partial charge in [-0.1, -0.05) is 19.9 Å². The number of hydrogen-bond donors (Lipinski definition) is 1. The van der Waals surface area contributed by atoms with E-state index in [0.29, 0.717) is 24.9 Å². The number of nitrogens with one attached hydrogen (secondary N) is 1. The zero-order valence-corrected chi connectivity index (χ0v) is 17.9. The van der Waals surface area contributed by atoms with E-state index in [0.717, 1.165) is 34.7 Å². The third-order valence-corrected chi connectivity index (χ3v) is 5.62. The highest BCUT2D eigenvalue weighted by Gasteiger charge is 2.34. The molecule has 1 fully saturated rings. The van der Waals surface area contributed by atoms with Crippen molar-refractivity contribution in [3.63, 3.8) is 0 Å². The maximum Gasteiger partial charge on any atom is 0.264 e. The zero-order valence-electron chi connectivity index (χ0n) is 17.1. The molecule has 2 aromatic rings. The molecule has 0 saturated heterocycles. The van der Waals surface area contributed by atoms with Crippen molar-refractivity contribution >= 4 is 34.5 Å². The highest BCUT2D eigenvalue weighted by Crippen LogP contribution is 2.33. The van der Waals surface area contributed by atoms with Crippen molar-refractivity contribution in [2.24, 2.45) is 5.92 Å². The summed E-state index contributed by atoms with van der Waals surface area (Å²) >= 11 is 1.48. The molecule has 0 spiro atoms. The van der Waals surface area contributed by atoms with Gasteiger partial charge >= 0.3 is 0 Å². The minimum absolute atomic E-state index is 0.0206. The number of carbonyl (C=O) groups is 2. The number of amides is 2. The molecule has 1 heterocycles. The molecule has 2 amide bonds. The van der Waals surface area contributed by atoms with Gasteiger partial charge in [0, 0.05) is 44.5 Å². The molecule has 1 aromatic heterocycles. The van der Waals surface area contributed by atoms with Crippen molar-refractivity contribution in [3.8, 4) is 0 Å². The van der Waals surface area contributed by atoms with Gasteiger partial charge in [0.2, 0.25) is 5.91 Å². The summed E-state index contributed by atoms with van der Waals surface area (Å²) < 4.78 is 0. The van der Waals surface area contributed by atoms with E-state index in [2.05, 4.69) is 10.2 Å². The Kier molecular flexibility index (Phi) is 6.39. The SMILES string of the molecule is CC(C)CC(=O)Nc1ccc(N(C)C)c(CN(C(=O)c2cccs2)C2CC2)c1. The van der Waals surface area contributed by atoms with E-state index >= 15 is 0 Å². The number of nitrogens with zero attached hydrogens (tertiary/aromatic N) is 2. The van der Waals surface area contributed by atoms with Gasteiger partial charge in [0.1, 0.15) is 0 Å². The topological polar surface area (TPSA) is 52.7 Å². The Morgan fingerprint density at radius 3 is 2.54 bits per heavy atom. The third-order valence-electron chi connectivity index (χ3n) is 4.76. The highest BCUT2D eigenvalue weighted by molar-refractivity contribution is 7.12. The van der Waals surface area contributed by atoms with Gasteiger partial charge in [0.15, 0.2) is 0 Å². The monoisotopic (exact) mass is 399 g/mol. The Hall–Kier alpha value is -2.34. The highest BCUT2D eigenvalue weighted by atomic mass is 32.1. The van der Waals surface area contributed by atoms with Crippen LogP contribution < -0.4 is 10.2 Å². The lowest BCUT2D eigenvalue weighted by Gasteiger charge is -2.26. The molecular weight excluding hydrogens is 370 g/mol. The predicted molar refractivity (Wildman–Crippen MR) is 116 cm³/mol. The molecule has 1 N–H and O–H groups in total. The molecule has 1 saturated carbocycles. The fraction of sp³-hybridized carbons (Fsp3) is 0.455. The van der Waals surface area contributed by atoms with Crippen LogP contribution in [0.3, 0.4) is 0 Å². The van der Waals surface area contributed by atoms with Gasteiger partial charge in [-0.05, 0) is 54.0 Å². The second-order valence-corrected chi connectivity index (χ2v) is 8.97. The lowest BCUT2D eigenvalue weighted by atomic mass is 10.1. The molecular formula is C22H29N3O2S. The van der Waals surface area contributed by atoms with E-state index in [-0.39, 0.29) is 11.8 Å². The lowest BCUT2D eigenvalue weighted by Crippen LogP contribution is -2.32. The van der Waals surface area contributed by atoms with Crippen molar-refractivity contribution in [2.75, 3.05) is 24.3 Å². The third kappa shape index (κ3) is 5.13. The van der Waals surface area contributed by atoms with Crippen LogP contribution in [-0.4, -0.2) is 36.9 Å². The number of carbonyl (C=O) groups excluding carboxylic acids is 2. The quantitative estimate of drug-likeness (QED) is 0.706. The molecule has 1 aliphatic rings. The van der Waals surface area contributed by atoms with Crippen LogP contribution in [0.1, 0.15) is 48.3 Å². The largest absolute Gasteiger partial charge is 0.377 e. The minimum atomic E-state index is 0.0206. The second-order valence-electron chi connectivity index (χ2n) is 8.03. The van der Waals surface area contributed by atoms with E-state index in [4.69, 9.17) is 0 Å². The van der Waals surface area contributed by atoms with E-state index in [1.165, 1.54) is 11.3 Å². The summed E-state index contributed by atoms with van der Waals surface area (Å²) in [6.45, 7) is 4.61. The lowest BCUT2D eigenvalue weighted by molar-refractivity contribution is -0.116. The van der Waals surface area contributed by atoms with Crippen LogP contribution >= 0.6 is 11.3 Å². The van der Waals surface area contributed by atoms with Gasteiger partial charge in [-0.15, -0.1) is 11.3 Å². The Labute approximate surface area is 171 Å². The van der Waals surface area contributed by atoms with Gasteiger partial charge in [0.05, 0.1) is 4.88 Å². The summed E-state index contributed by atoms with van der Waals surface area (Å²) in [6, 6.07) is 10.1. The van der Waals surface area contributed by atoms with Crippen LogP contribution in [-0.2, 0) is 11.3 Å². The Morgan fingerprint density at radius 1 is 1.21 bits per heavy atom. The molecule has 0 bridgehead atoms. The average Bonchev–Trinajstić information content (AvgIpc) is 3.31. The summed E-state index contributed by atoms with van der Waals surface area (Å²) in [4.78, 5) is 30.0. The van der Waals surface area contributed by atoms with Gasteiger partial charge in [-0.2, -0.15) is 0 Å². The number of hydrogen-bond acceptors (Lipinski definition) is 4. The standard InChI is InChI=1S/C22H29N3O2S/c1-15(2)12-21(26)23-17-7-10-19(24(3)4)16(13-17)14-25(18-8-9-18)22(27)20-6-5-11-28-20/h5-7,10-11,13,15,18H,8-9,12,14H2,1-4H3,(H,23,26). The van der Waals surface area contributed by atoms with Crippen LogP contribution in [0.15, 0.2) is 35.7 Å². The summed E-state index contributed by atoms with van der Waals surface area (Å²) in [6.07, 6.45) is 2.61. The van der Waals surface area contributed by atoms with E-state index < -0.39 is 0 Å². The number of anilines is 2. The Morgan fingerprint density at radius 2 is 1.96 bits per heavy atom. The second kappa shape index (κ2) is 8.78. The molecule has 5 nitrogen and oxygen atoms in total. The van der Waals surface area contributed by atoms with Gasteiger partial charge < -0.3 is 15.1 Å². The predicted octanol–water partition coefficient (Wildman–Crippen LogP) is 4.60. The number of thiophene rings is 1. The Balaban J connectivity index is 1.84. The average molecular weight is 400 g/mol. The molecule has 6 heteroatoms. The molecule has 150 valence electrons. The number of benzene rings is 1. The van der Waals surface area contributed by atoms with Crippen molar-refractivity contribution in [3.05, 3.63) is 46.2 Å². The van der Waals surface area contributed by atoms with E-state index in [9.17, 15) is 9.59 Å². The van der Waals surface area contributed by atoms with Gasteiger partial charge in [0.25, 0.3) is 5.91 Å². The van der Waals surface area contributed by atoms with Crippen molar-refractivity contribution in [1.29, 1.82) is 0 Å². The minimum Gasteiger partial charge on any atom is -0.377 e. The first-order valence-electron chi connectivity index (χ1n) is 9.79. The fourth-order valence-corrected chi connectivity index (χ4v) is 3.97. The molecule has 0 aliphatic heterocycles. The molecule has 0 atom stereocenters. The molecule has 0 radical (unpaired) electrons. The van der Waals surface area contributed by atoms with Crippen molar-refractivity contribution in [2.45, 2.75) is 45.7 Å². The van der Waals surface area contributed by atoms with Crippen molar-refractivity contribution < 1.29 is 9.59 Å². The van der Waals surface area contributed by atoms with Crippen LogP contribution in [0.2, 0.25) is 0 Å². The first-order chi connectivity index (χ1) is 13.3. The van der Waals surface area contributed by atoms with Crippen molar-refractivity contribution in [1.82, 2.24) is 4.90 Å². The first kappa shape index (κ1) is 20.4. The zero-order chi connectivity index (χ0) is 20.3. The molecule has 1 aromatic carbocycles. The maximum atomic E-state index is 13.0. The first-order valence-corrected chi connectivity index (χ1v) is 10.7. The number of rotatable bonds is 8. The van der Waals surface area contributed by atoms with Gasteiger partial charge in [-0.3, -0.25) is 9.59 Å². The van der Waals surface area contributed by atoms with Gasteiger partial charge in [-0.25, -0.2) is 0 Å². The van der Waals surface area contributed by atoms with Crippen LogP contribution in [0.25, 0.3) is 0 Å². The molecule has 1 aliphatic carbocycles. The molecule has 3 rings (SSSR count). The van der Waals surface area contributed by atoms with E-state index in [1.54, 1.807) is 0 Å². The van der Waals surface area contributed by atoms with Crippen LogP contribution in [0.4, 0.5) is 11.4 Å². The summed E-state index contributed by atoms with van der Waals surface area (Å²) in [5, 5.41) is 4.93. The van der Waals surface area contributed by atoms with Crippen LogP contribution in [0.5, 0.6) is 0 Å². The summed E-state index contributed by atoms with van der Waals surface area (Å²) in [5.41, 5.74) is 2.89. The Bertz CT molecular complexity index is 826. The van der Waals surface area contributed by atoms with Crippen LogP contribution in [0, 0.1) is 5.92 Å². The molecule has 0 unspecified atom stereocenters. The summed E-state index contributed by atoms with van der Waals surface area (Å²) in [7, 11) is 4.00. The summed E-state index contributed by atoms with van der Waals surface area (Å²) in [5.74, 6) is 0.429.